The van der Waals surface area contributed by atoms with Crippen molar-refractivity contribution < 1.29 is 17.6 Å². The average molecular weight is 564 g/mol. The zero-order valence-electron chi connectivity index (χ0n) is 22.9. The lowest BCUT2D eigenvalue weighted by atomic mass is 9.72. The molecule has 0 radical (unpaired) electrons. The van der Waals surface area contributed by atoms with Gasteiger partial charge < -0.3 is 4.90 Å². The summed E-state index contributed by atoms with van der Waals surface area (Å²) in [6, 6.07) is 13.2. The number of hydrogen-bond donors (Lipinski definition) is 0. The van der Waals surface area contributed by atoms with Crippen LogP contribution in [0.1, 0.15) is 56.3 Å². The fourth-order valence-corrected chi connectivity index (χ4v) is 7.21. The van der Waals surface area contributed by atoms with Crippen molar-refractivity contribution in [1.29, 1.82) is 5.26 Å². The number of sulfone groups is 1. The van der Waals surface area contributed by atoms with E-state index in [4.69, 9.17) is 5.10 Å². The Morgan fingerprint density at radius 1 is 1.12 bits per heavy atom. The van der Waals surface area contributed by atoms with E-state index in [9.17, 15) is 22.9 Å². The third kappa shape index (κ3) is 5.80. The predicted octanol–water partition coefficient (Wildman–Crippen LogP) is 5.01. The molecule has 0 bridgehead atoms. The summed E-state index contributed by atoms with van der Waals surface area (Å²) in [5.41, 5.74) is 4.49. The molecule has 210 valence electrons. The summed E-state index contributed by atoms with van der Waals surface area (Å²) < 4.78 is 39.1. The second-order valence-corrected chi connectivity index (χ2v) is 13.3. The van der Waals surface area contributed by atoms with Gasteiger partial charge in [-0.1, -0.05) is 25.0 Å². The summed E-state index contributed by atoms with van der Waals surface area (Å²) in [7, 11) is -2.97. The van der Waals surface area contributed by atoms with Gasteiger partial charge in [-0.2, -0.15) is 10.4 Å². The minimum Gasteiger partial charge on any atom is -0.369 e. The van der Waals surface area contributed by atoms with Crippen molar-refractivity contribution in [3.05, 3.63) is 59.8 Å². The van der Waals surface area contributed by atoms with E-state index in [1.165, 1.54) is 12.3 Å². The minimum absolute atomic E-state index is 0.102. The van der Waals surface area contributed by atoms with E-state index >= 15 is 0 Å². The molecule has 3 atom stereocenters. The molecule has 2 fully saturated rings. The van der Waals surface area contributed by atoms with Gasteiger partial charge in [-0.15, -0.1) is 0 Å². The predicted molar refractivity (Wildman–Crippen MR) is 151 cm³/mol. The lowest BCUT2D eigenvalue weighted by molar-refractivity contribution is -0.125. The third-order valence-electron chi connectivity index (χ3n) is 8.20. The molecule has 2 aromatic heterocycles. The van der Waals surface area contributed by atoms with Gasteiger partial charge in [0.1, 0.15) is 11.6 Å². The first kappa shape index (κ1) is 28.0. The molecule has 3 heterocycles. The van der Waals surface area contributed by atoms with Crippen LogP contribution in [0.25, 0.3) is 16.9 Å². The van der Waals surface area contributed by atoms with Crippen molar-refractivity contribution in [3.63, 3.8) is 0 Å². The number of benzene rings is 1. The summed E-state index contributed by atoms with van der Waals surface area (Å²) in [5.74, 6) is -0.194. The summed E-state index contributed by atoms with van der Waals surface area (Å²) in [6.45, 7) is 4.66. The Labute approximate surface area is 234 Å². The van der Waals surface area contributed by atoms with Crippen molar-refractivity contribution in [2.75, 3.05) is 29.5 Å². The van der Waals surface area contributed by atoms with E-state index < -0.39 is 15.7 Å². The summed E-state index contributed by atoms with van der Waals surface area (Å²) in [4.78, 5) is 19.7. The molecular formula is C30H34FN5O3S. The van der Waals surface area contributed by atoms with Gasteiger partial charge in [0.15, 0.2) is 15.7 Å². The molecule has 0 N–H and O–H groups in total. The molecule has 0 spiro atoms. The number of anilines is 1. The molecule has 5 rings (SSSR count). The van der Waals surface area contributed by atoms with Crippen molar-refractivity contribution in [2.45, 2.75) is 51.9 Å². The van der Waals surface area contributed by atoms with E-state index in [1.807, 2.05) is 31.2 Å². The highest BCUT2D eigenvalue weighted by molar-refractivity contribution is 7.91. The molecule has 3 aromatic rings. The topological polar surface area (TPSA) is 109 Å². The highest BCUT2D eigenvalue weighted by Crippen LogP contribution is 2.44. The number of halogens is 1. The molecule has 10 heteroatoms. The second-order valence-electron chi connectivity index (χ2n) is 11.0. The number of aromatic nitrogens is 3. The fraction of sp³-hybridized carbons (Fsp3) is 0.467. The van der Waals surface area contributed by atoms with E-state index in [0.717, 1.165) is 53.9 Å². The number of nitrogens with zero attached hydrogens (tertiary/aromatic N) is 5. The normalized spacial score (nSPS) is 21.5. The number of carbonyl (C=O) groups is 1. The Kier molecular flexibility index (Phi) is 8.04. The van der Waals surface area contributed by atoms with Crippen LogP contribution in [-0.4, -0.2) is 53.6 Å². The minimum atomic E-state index is -2.97. The molecule has 1 aliphatic heterocycles. The smallest absolute Gasteiger partial charge is 0.153 e. The fourth-order valence-electron chi connectivity index (χ4n) is 6.01. The van der Waals surface area contributed by atoms with Crippen molar-refractivity contribution in [1.82, 2.24) is 14.8 Å². The van der Waals surface area contributed by atoms with Gasteiger partial charge in [0.05, 0.1) is 41.1 Å². The Hall–Kier alpha value is -3.58. The number of rotatable bonds is 7. The number of carbonyl (C=O) groups excluding carboxylic acids is 1. The third-order valence-corrected chi connectivity index (χ3v) is 9.81. The zero-order chi connectivity index (χ0) is 28.4. The summed E-state index contributed by atoms with van der Waals surface area (Å²) in [5, 5.41) is 14.3. The van der Waals surface area contributed by atoms with Crippen LogP contribution in [0.5, 0.6) is 0 Å². The molecular weight excluding hydrogens is 529 g/mol. The average Bonchev–Trinajstić information content (AvgIpc) is 3.30. The Morgan fingerprint density at radius 2 is 1.82 bits per heavy atom. The van der Waals surface area contributed by atoms with Gasteiger partial charge >= 0.3 is 0 Å². The van der Waals surface area contributed by atoms with Gasteiger partial charge in [-0.25, -0.2) is 22.5 Å². The maximum atomic E-state index is 13.7. The maximum Gasteiger partial charge on any atom is 0.153 e. The molecule has 1 saturated carbocycles. The number of pyridine rings is 1. The van der Waals surface area contributed by atoms with Crippen LogP contribution < -0.4 is 4.90 Å². The molecule has 1 aliphatic carbocycles. The van der Waals surface area contributed by atoms with Crippen LogP contribution in [0.2, 0.25) is 0 Å². The van der Waals surface area contributed by atoms with E-state index in [0.29, 0.717) is 18.9 Å². The van der Waals surface area contributed by atoms with Crippen LogP contribution in [-0.2, 0) is 14.6 Å². The van der Waals surface area contributed by atoms with Crippen LogP contribution in [0.15, 0.2) is 42.6 Å². The molecule has 40 heavy (non-hydrogen) atoms. The standard InChI is InChI=1S/C30H34FN5O3S/c1-20(18-32)17-27(37)25-5-3-4-6-26(25)30-29(21(2)36(34-30)28-12-9-23(31)19-33-28)22-7-10-24(11-8-22)35-13-15-40(38,39)16-14-35/h7-12,19-20,25-26H,3-6,13-17H2,1-2H3/t20-,25-,26-/m1/s1. The van der Waals surface area contributed by atoms with E-state index in [2.05, 4.69) is 16.0 Å². The number of ketones is 1. The van der Waals surface area contributed by atoms with Gasteiger partial charge in [0.2, 0.25) is 0 Å². The number of hydrogen-bond acceptors (Lipinski definition) is 7. The van der Waals surface area contributed by atoms with Crippen LogP contribution in [0.3, 0.4) is 0 Å². The monoisotopic (exact) mass is 563 g/mol. The molecule has 2 aliphatic rings. The second kappa shape index (κ2) is 11.5. The first-order valence-electron chi connectivity index (χ1n) is 13.9. The molecule has 0 amide bonds. The highest BCUT2D eigenvalue weighted by Gasteiger charge is 2.36. The zero-order valence-corrected chi connectivity index (χ0v) is 23.7. The van der Waals surface area contributed by atoms with Gasteiger partial charge in [-0.05, 0) is 56.5 Å². The Morgan fingerprint density at radius 3 is 2.48 bits per heavy atom. The molecule has 0 unspecified atom stereocenters. The SMILES string of the molecule is Cc1c(-c2ccc(N3CCS(=O)(=O)CC3)cc2)c([C@@H]2CCCC[C@H]2C(=O)C[C@@H](C)C#N)nn1-c1ccc(F)cn1. The molecule has 8 nitrogen and oxygen atoms in total. The number of Topliss-reactive ketones (excluding diaryl/α,β-unsaturated/α-hetero) is 1. The van der Waals surface area contributed by atoms with Crippen molar-refractivity contribution >= 4 is 21.3 Å². The largest absolute Gasteiger partial charge is 0.369 e. The highest BCUT2D eigenvalue weighted by atomic mass is 32.2. The quantitative estimate of drug-likeness (QED) is 0.398. The van der Waals surface area contributed by atoms with Crippen LogP contribution in [0, 0.1) is 35.9 Å². The van der Waals surface area contributed by atoms with Crippen LogP contribution in [0.4, 0.5) is 10.1 Å². The molecule has 1 saturated heterocycles. The first-order valence-corrected chi connectivity index (χ1v) is 15.7. The Balaban J connectivity index is 1.55. The lowest BCUT2D eigenvalue weighted by Crippen LogP contribution is -2.40. The summed E-state index contributed by atoms with van der Waals surface area (Å²) >= 11 is 0. The van der Waals surface area contributed by atoms with Crippen molar-refractivity contribution in [2.24, 2.45) is 11.8 Å². The number of nitriles is 1. The first-order chi connectivity index (χ1) is 19.2. The van der Waals surface area contributed by atoms with E-state index in [-0.39, 0.29) is 41.5 Å². The van der Waals surface area contributed by atoms with E-state index in [1.54, 1.807) is 17.7 Å². The molecule has 1 aromatic carbocycles. The maximum absolute atomic E-state index is 13.7. The van der Waals surface area contributed by atoms with Gasteiger partial charge in [0, 0.05) is 42.6 Å². The Bertz CT molecular complexity index is 1510. The van der Waals surface area contributed by atoms with Gasteiger partial charge in [0.25, 0.3) is 0 Å². The summed E-state index contributed by atoms with van der Waals surface area (Å²) in [6.07, 6.45) is 4.92. The van der Waals surface area contributed by atoms with Crippen LogP contribution >= 0.6 is 0 Å². The van der Waals surface area contributed by atoms with Crippen molar-refractivity contribution in [3.8, 4) is 23.0 Å². The lowest BCUT2D eigenvalue weighted by Gasteiger charge is -2.31. The van der Waals surface area contributed by atoms with Gasteiger partial charge in [-0.3, -0.25) is 4.79 Å².